The topological polar surface area (TPSA) is 38.1 Å². The second-order valence-electron chi connectivity index (χ2n) is 5.71. The number of hydrogen-bond acceptors (Lipinski definition) is 2. The number of benzene rings is 2. The summed E-state index contributed by atoms with van der Waals surface area (Å²) in [5.41, 5.74) is 2.68. The van der Waals surface area contributed by atoms with Gasteiger partial charge in [0.2, 0.25) is 5.91 Å². The predicted molar refractivity (Wildman–Crippen MR) is 95.5 cm³/mol. The van der Waals surface area contributed by atoms with Crippen LogP contribution in [0.5, 0.6) is 0 Å². The van der Waals surface area contributed by atoms with Gasteiger partial charge in [-0.15, -0.1) is 0 Å². The number of hydrogen-bond donors (Lipinski definition) is 0. The minimum atomic E-state index is -0.284. The van der Waals surface area contributed by atoms with E-state index < -0.39 is 0 Å². The first-order chi connectivity index (χ1) is 12.1. The van der Waals surface area contributed by atoms with E-state index in [0.29, 0.717) is 6.54 Å². The first-order valence-corrected chi connectivity index (χ1v) is 7.89. The van der Waals surface area contributed by atoms with Crippen LogP contribution >= 0.6 is 0 Å². The molecule has 0 atom stereocenters. The molecule has 0 unspecified atom stereocenters. The third kappa shape index (κ3) is 4.41. The number of carbonyl (C=O) groups excluding carboxylic acids is 1. The molecule has 1 amide bonds. The highest BCUT2D eigenvalue weighted by Gasteiger charge is 2.06. The number of likely N-dealkylation sites (N-methyl/N-ethyl adjacent to an activating group) is 1. The lowest BCUT2D eigenvalue weighted by Gasteiger charge is -2.15. The number of rotatable bonds is 5. The third-order valence-corrected chi connectivity index (χ3v) is 3.75. The molecule has 25 heavy (non-hydrogen) atoms. The van der Waals surface area contributed by atoms with Gasteiger partial charge in [0.05, 0.1) is 11.9 Å². The summed E-state index contributed by atoms with van der Waals surface area (Å²) in [7, 11) is 1.71. The minimum absolute atomic E-state index is 0.128. The van der Waals surface area contributed by atoms with Gasteiger partial charge in [-0.3, -0.25) is 4.79 Å². The van der Waals surface area contributed by atoms with Crippen molar-refractivity contribution in [3.63, 3.8) is 0 Å². The van der Waals surface area contributed by atoms with Crippen LogP contribution in [0.3, 0.4) is 0 Å². The Morgan fingerprint density at radius 1 is 1.16 bits per heavy atom. The quantitative estimate of drug-likeness (QED) is 0.667. The first kappa shape index (κ1) is 16.6. The molecule has 0 radical (unpaired) electrons. The van der Waals surface area contributed by atoms with E-state index in [-0.39, 0.29) is 11.7 Å². The van der Waals surface area contributed by atoms with Crippen LogP contribution in [0.1, 0.15) is 11.1 Å². The standard InChI is InChI=1S/C20H18FN3O/c1-23(14-16-7-10-18(21)11-8-16)20(25)12-9-17-13-22-24(15-17)19-5-3-2-4-6-19/h2-13,15H,14H2,1H3/b12-9+. The molecule has 0 fully saturated rings. The van der Waals surface area contributed by atoms with Crippen LogP contribution in [0.2, 0.25) is 0 Å². The first-order valence-electron chi connectivity index (χ1n) is 7.89. The van der Waals surface area contributed by atoms with Gasteiger partial charge in [0.15, 0.2) is 0 Å². The Morgan fingerprint density at radius 3 is 2.60 bits per heavy atom. The second-order valence-corrected chi connectivity index (χ2v) is 5.71. The minimum Gasteiger partial charge on any atom is -0.338 e. The van der Waals surface area contributed by atoms with Crippen molar-refractivity contribution in [2.45, 2.75) is 6.54 Å². The summed E-state index contributed by atoms with van der Waals surface area (Å²) >= 11 is 0. The van der Waals surface area contributed by atoms with Crippen LogP contribution < -0.4 is 0 Å². The molecule has 5 heteroatoms. The van der Waals surface area contributed by atoms with Crippen molar-refractivity contribution < 1.29 is 9.18 Å². The van der Waals surface area contributed by atoms with Crippen molar-refractivity contribution in [3.8, 4) is 5.69 Å². The Morgan fingerprint density at radius 2 is 1.88 bits per heavy atom. The lowest BCUT2D eigenvalue weighted by molar-refractivity contribution is -0.125. The van der Waals surface area contributed by atoms with E-state index in [2.05, 4.69) is 5.10 Å². The highest BCUT2D eigenvalue weighted by molar-refractivity contribution is 5.91. The Hall–Kier alpha value is -3.21. The van der Waals surface area contributed by atoms with E-state index in [1.165, 1.54) is 18.2 Å². The van der Waals surface area contributed by atoms with E-state index >= 15 is 0 Å². The van der Waals surface area contributed by atoms with Gasteiger partial charge in [0.1, 0.15) is 5.82 Å². The summed E-state index contributed by atoms with van der Waals surface area (Å²) in [6.07, 6.45) is 6.81. The third-order valence-electron chi connectivity index (χ3n) is 3.75. The van der Waals surface area contributed by atoms with Crippen molar-refractivity contribution in [1.82, 2.24) is 14.7 Å². The maximum Gasteiger partial charge on any atom is 0.246 e. The van der Waals surface area contributed by atoms with Crippen molar-refractivity contribution in [1.29, 1.82) is 0 Å². The molecule has 0 bridgehead atoms. The molecule has 2 aromatic carbocycles. The molecule has 0 aliphatic heterocycles. The Balaban J connectivity index is 1.62. The van der Waals surface area contributed by atoms with Crippen molar-refractivity contribution in [2.75, 3.05) is 7.05 Å². The molecule has 1 aromatic heterocycles. The number of halogens is 1. The molecule has 0 N–H and O–H groups in total. The summed E-state index contributed by atoms with van der Waals surface area (Å²) in [6, 6.07) is 15.9. The smallest absolute Gasteiger partial charge is 0.246 e. The Bertz CT molecular complexity index is 869. The van der Waals surface area contributed by atoms with Crippen molar-refractivity contribution in [3.05, 3.63) is 90.0 Å². The molecule has 0 spiro atoms. The molecule has 0 saturated carbocycles. The number of carbonyl (C=O) groups is 1. The van der Waals surface area contributed by atoms with Crippen LogP contribution in [0.25, 0.3) is 11.8 Å². The summed E-state index contributed by atoms with van der Waals surface area (Å²) in [5.74, 6) is -0.412. The van der Waals surface area contributed by atoms with E-state index in [0.717, 1.165) is 16.8 Å². The van der Waals surface area contributed by atoms with Crippen LogP contribution in [0.15, 0.2) is 73.1 Å². The maximum atomic E-state index is 12.9. The van der Waals surface area contributed by atoms with E-state index in [9.17, 15) is 9.18 Å². The zero-order valence-corrected chi connectivity index (χ0v) is 13.8. The van der Waals surface area contributed by atoms with Gasteiger partial charge < -0.3 is 4.90 Å². The molecular weight excluding hydrogens is 317 g/mol. The van der Waals surface area contributed by atoms with Gasteiger partial charge in [-0.1, -0.05) is 30.3 Å². The Kier molecular flexibility index (Phi) is 5.04. The second kappa shape index (κ2) is 7.57. The van der Waals surface area contributed by atoms with Crippen LogP contribution in [0.4, 0.5) is 4.39 Å². The molecule has 1 heterocycles. The van der Waals surface area contributed by atoms with Gasteiger partial charge in [0, 0.05) is 31.4 Å². The van der Waals surface area contributed by atoms with Gasteiger partial charge >= 0.3 is 0 Å². The normalized spacial score (nSPS) is 11.0. The monoisotopic (exact) mass is 335 g/mol. The zero-order valence-electron chi connectivity index (χ0n) is 13.8. The van der Waals surface area contributed by atoms with Gasteiger partial charge in [-0.05, 0) is 35.9 Å². The zero-order chi connectivity index (χ0) is 17.6. The van der Waals surface area contributed by atoms with Crippen molar-refractivity contribution in [2.24, 2.45) is 0 Å². The lowest BCUT2D eigenvalue weighted by Crippen LogP contribution is -2.24. The number of para-hydroxylation sites is 1. The van der Waals surface area contributed by atoms with E-state index in [4.69, 9.17) is 0 Å². The van der Waals surface area contributed by atoms with Crippen molar-refractivity contribution >= 4 is 12.0 Å². The molecule has 4 nitrogen and oxygen atoms in total. The van der Waals surface area contributed by atoms with Gasteiger partial charge in [-0.25, -0.2) is 9.07 Å². The number of aromatic nitrogens is 2. The van der Waals surface area contributed by atoms with Crippen LogP contribution in [-0.4, -0.2) is 27.6 Å². The maximum absolute atomic E-state index is 12.9. The fourth-order valence-electron chi connectivity index (χ4n) is 2.38. The molecule has 126 valence electrons. The number of nitrogens with zero attached hydrogens (tertiary/aromatic N) is 3. The SMILES string of the molecule is CN(Cc1ccc(F)cc1)C(=O)/C=C/c1cnn(-c2ccccc2)c1. The van der Waals surface area contributed by atoms with E-state index in [1.54, 1.807) is 41.0 Å². The lowest BCUT2D eigenvalue weighted by atomic mass is 10.2. The molecule has 0 saturated heterocycles. The molecule has 0 aliphatic rings. The molecule has 0 aliphatic carbocycles. The van der Waals surface area contributed by atoms with E-state index in [1.807, 2.05) is 36.5 Å². The predicted octanol–water partition coefficient (Wildman–Crippen LogP) is 3.68. The van der Waals surface area contributed by atoms with Crippen LogP contribution in [0, 0.1) is 5.82 Å². The average molecular weight is 335 g/mol. The van der Waals surface area contributed by atoms with Crippen LogP contribution in [-0.2, 0) is 11.3 Å². The fourth-order valence-corrected chi connectivity index (χ4v) is 2.38. The molecule has 3 rings (SSSR count). The Labute approximate surface area is 145 Å². The largest absolute Gasteiger partial charge is 0.338 e. The average Bonchev–Trinajstić information content (AvgIpc) is 3.11. The summed E-state index contributed by atoms with van der Waals surface area (Å²) in [5, 5.41) is 4.29. The fraction of sp³-hybridized carbons (Fsp3) is 0.100. The highest BCUT2D eigenvalue weighted by Crippen LogP contribution is 2.10. The molecule has 3 aromatic rings. The molecular formula is C20H18FN3O. The highest BCUT2D eigenvalue weighted by atomic mass is 19.1. The summed E-state index contributed by atoms with van der Waals surface area (Å²) < 4.78 is 14.7. The summed E-state index contributed by atoms with van der Waals surface area (Å²) in [6.45, 7) is 0.423. The summed E-state index contributed by atoms with van der Waals surface area (Å²) in [4.78, 5) is 13.8. The number of amides is 1. The van der Waals surface area contributed by atoms with Gasteiger partial charge in [-0.2, -0.15) is 5.10 Å². The van der Waals surface area contributed by atoms with Gasteiger partial charge in [0.25, 0.3) is 0 Å².